The Bertz CT molecular complexity index is 570. The van der Waals surface area contributed by atoms with E-state index in [1.54, 1.807) is 11.8 Å². The molecule has 0 aromatic heterocycles. The number of fused-ring (bicyclic) bond motifs is 2. The fraction of sp³-hybridized carbons (Fsp3) is 0.200. The second-order valence-electron chi connectivity index (χ2n) is 4.33. The normalized spacial score (nSPS) is 21.6. The first-order valence-corrected chi connectivity index (χ1v) is 7.11. The van der Waals surface area contributed by atoms with E-state index >= 15 is 0 Å². The third-order valence-electron chi connectivity index (χ3n) is 3.19. The number of ether oxygens (including phenoxy) is 1. The molecule has 3 rings (SSSR count). The van der Waals surface area contributed by atoms with Crippen LogP contribution in [0, 0.1) is 0 Å². The van der Waals surface area contributed by atoms with Crippen LogP contribution in [0.15, 0.2) is 58.7 Å². The molecule has 1 N–H and O–H groups in total. The van der Waals surface area contributed by atoms with Crippen molar-refractivity contribution in [2.24, 2.45) is 0 Å². The molecule has 3 heteroatoms. The second kappa shape index (κ2) is 4.58. The van der Waals surface area contributed by atoms with E-state index in [2.05, 4.69) is 0 Å². The molecule has 1 heterocycles. The van der Waals surface area contributed by atoms with Crippen LogP contribution in [0.3, 0.4) is 0 Å². The minimum atomic E-state index is -0.176. The summed E-state index contributed by atoms with van der Waals surface area (Å²) in [5.74, 6) is 1.26. The molecular formula is C15H14O2S. The lowest BCUT2D eigenvalue weighted by Crippen LogP contribution is -2.18. The van der Waals surface area contributed by atoms with Gasteiger partial charge in [-0.3, -0.25) is 0 Å². The highest BCUT2D eigenvalue weighted by atomic mass is 32.2. The van der Waals surface area contributed by atoms with E-state index in [0.29, 0.717) is 12.2 Å². The molecule has 0 saturated carbocycles. The first-order valence-electron chi connectivity index (χ1n) is 5.88. The van der Waals surface area contributed by atoms with E-state index < -0.39 is 0 Å². The third-order valence-corrected chi connectivity index (χ3v) is 3.92. The van der Waals surface area contributed by atoms with Crippen LogP contribution in [-0.4, -0.2) is 17.5 Å². The molecule has 0 fully saturated rings. The van der Waals surface area contributed by atoms with E-state index in [4.69, 9.17) is 4.74 Å². The molecule has 1 aromatic rings. The van der Waals surface area contributed by atoms with Gasteiger partial charge >= 0.3 is 0 Å². The van der Waals surface area contributed by atoms with Gasteiger partial charge in [-0.05, 0) is 30.6 Å². The molecule has 1 unspecified atom stereocenters. The number of aliphatic hydroxyl groups is 1. The standard InChI is InChI=1S/C15H14O2S/c1-18-11-6-7-15-12(9-11)13(16)8-10-4-2-3-5-14(10)17-15/h2-7,9,15-16H,8H2,1H3. The van der Waals surface area contributed by atoms with Gasteiger partial charge in [-0.1, -0.05) is 18.2 Å². The van der Waals surface area contributed by atoms with E-state index in [1.165, 1.54) is 0 Å². The van der Waals surface area contributed by atoms with Crippen molar-refractivity contribution in [3.8, 4) is 5.75 Å². The van der Waals surface area contributed by atoms with Crippen LogP contribution in [0.25, 0.3) is 0 Å². The average Bonchev–Trinajstić information content (AvgIpc) is 2.54. The Morgan fingerprint density at radius 3 is 3.00 bits per heavy atom. The highest BCUT2D eigenvalue weighted by molar-refractivity contribution is 8.02. The number of benzene rings is 1. The SMILES string of the molecule is CSC1=CC2=C(O)Cc3ccccc3OC2C=C1. The summed E-state index contributed by atoms with van der Waals surface area (Å²) in [6, 6.07) is 7.87. The minimum Gasteiger partial charge on any atom is -0.512 e. The summed E-state index contributed by atoms with van der Waals surface area (Å²) in [5, 5.41) is 10.3. The molecule has 0 spiro atoms. The summed E-state index contributed by atoms with van der Waals surface area (Å²) >= 11 is 1.67. The number of para-hydroxylation sites is 1. The van der Waals surface area contributed by atoms with Crippen LogP contribution in [0.4, 0.5) is 0 Å². The van der Waals surface area contributed by atoms with E-state index in [0.717, 1.165) is 21.8 Å². The zero-order chi connectivity index (χ0) is 12.5. The summed E-state index contributed by atoms with van der Waals surface area (Å²) in [6.07, 6.45) is 8.44. The van der Waals surface area contributed by atoms with Crippen molar-refractivity contribution in [1.29, 1.82) is 0 Å². The van der Waals surface area contributed by atoms with Crippen molar-refractivity contribution in [2.45, 2.75) is 12.5 Å². The van der Waals surface area contributed by atoms with Crippen molar-refractivity contribution in [1.82, 2.24) is 0 Å². The zero-order valence-electron chi connectivity index (χ0n) is 10.1. The van der Waals surface area contributed by atoms with Crippen molar-refractivity contribution in [2.75, 3.05) is 6.26 Å². The topological polar surface area (TPSA) is 29.5 Å². The van der Waals surface area contributed by atoms with Crippen LogP contribution >= 0.6 is 11.8 Å². The first-order chi connectivity index (χ1) is 8.78. The number of aliphatic hydroxyl groups excluding tert-OH is 1. The molecule has 0 radical (unpaired) electrons. The molecule has 0 amide bonds. The highest BCUT2D eigenvalue weighted by Crippen LogP contribution is 2.33. The Hall–Kier alpha value is -1.61. The molecule has 1 atom stereocenters. The van der Waals surface area contributed by atoms with Gasteiger partial charge in [-0.15, -0.1) is 11.8 Å². The summed E-state index contributed by atoms with van der Waals surface area (Å²) < 4.78 is 5.97. The van der Waals surface area contributed by atoms with Crippen molar-refractivity contribution in [3.05, 3.63) is 64.3 Å². The maximum absolute atomic E-state index is 10.3. The number of allylic oxidation sites excluding steroid dienone is 2. The van der Waals surface area contributed by atoms with Crippen LogP contribution in [-0.2, 0) is 6.42 Å². The Kier molecular flexibility index (Phi) is 2.92. The number of rotatable bonds is 1. The molecule has 1 aliphatic heterocycles. The lowest BCUT2D eigenvalue weighted by atomic mass is 10.0. The molecule has 1 aromatic carbocycles. The van der Waals surface area contributed by atoms with Gasteiger partial charge in [0, 0.05) is 22.5 Å². The first kappa shape index (κ1) is 11.5. The Morgan fingerprint density at radius 2 is 2.17 bits per heavy atom. The Morgan fingerprint density at radius 1 is 1.33 bits per heavy atom. The van der Waals surface area contributed by atoms with E-state index in [1.807, 2.05) is 48.7 Å². The Balaban J connectivity index is 2.05. The molecule has 92 valence electrons. The maximum atomic E-state index is 10.3. The fourth-order valence-electron chi connectivity index (χ4n) is 2.23. The average molecular weight is 258 g/mol. The van der Waals surface area contributed by atoms with Crippen LogP contribution in [0.5, 0.6) is 5.75 Å². The van der Waals surface area contributed by atoms with Gasteiger partial charge in [0.25, 0.3) is 0 Å². The van der Waals surface area contributed by atoms with Crippen molar-refractivity contribution in [3.63, 3.8) is 0 Å². The summed E-state index contributed by atoms with van der Waals surface area (Å²) in [4.78, 5) is 1.14. The van der Waals surface area contributed by atoms with Crippen LogP contribution in [0.2, 0.25) is 0 Å². The number of hydrogen-bond donors (Lipinski definition) is 1. The summed E-state index contributed by atoms with van der Waals surface area (Å²) in [7, 11) is 0. The van der Waals surface area contributed by atoms with Gasteiger partial charge < -0.3 is 9.84 Å². The third kappa shape index (κ3) is 1.95. The predicted octanol–water partition coefficient (Wildman–Crippen LogP) is 3.62. The molecule has 1 aliphatic carbocycles. The van der Waals surface area contributed by atoms with Gasteiger partial charge in [-0.2, -0.15) is 0 Å². The van der Waals surface area contributed by atoms with Gasteiger partial charge in [0.1, 0.15) is 17.6 Å². The molecule has 0 bridgehead atoms. The summed E-state index contributed by atoms with van der Waals surface area (Å²) in [5.41, 5.74) is 1.91. The largest absolute Gasteiger partial charge is 0.512 e. The lowest BCUT2D eigenvalue weighted by Gasteiger charge is -2.19. The molecule has 2 aliphatic rings. The predicted molar refractivity (Wildman–Crippen MR) is 75.0 cm³/mol. The van der Waals surface area contributed by atoms with Crippen LogP contribution in [0.1, 0.15) is 5.56 Å². The smallest absolute Gasteiger partial charge is 0.146 e. The molecule has 18 heavy (non-hydrogen) atoms. The van der Waals surface area contributed by atoms with Crippen molar-refractivity contribution >= 4 is 11.8 Å². The monoisotopic (exact) mass is 258 g/mol. The van der Waals surface area contributed by atoms with Crippen LogP contribution < -0.4 is 4.74 Å². The summed E-state index contributed by atoms with van der Waals surface area (Å²) in [6.45, 7) is 0. The molecule has 0 saturated heterocycles. The Labute approximate surface area is 111 Å². The van der Waals surface area contributed by atoms with E-state index in [-0.39, 0.29) is 6.10 Å². The minimum absolute atomic E-state index is 0.176. The highest BCUT2D eigenvalue weighted by Gasteiger charge is 2.24. The maximum Gasteiger partial charge on any atom is 0.146 e. The lowest BCUT2D eigenvalue weighted by molar-refractivity contribution is 0.281. The fourth-order valence-corrected chi connectivity index (χ4v) is 2.69. The quantitative estimate of drug-likeness (QED) is 0.834. The van der Waals surface area contributed by atoms with Crippen molar-refractivity contribution < 1.29 is 9.84 Å². The second-order valence-corrected chi connectivity index (χ2v) is 5.21. The number of hydrogen-bond acceptors (Lipinski definition) is 3. The van der Waals surface area contributed by atoms with Gasteiger partial charge in [-0.25, -0.2) is 0 Å². The van der Waals surface area contributed by atoms with Gasteiger partial charge in [0.05, 0.1) is 0 Å². The molecular weight excluding hydrogens is 244 g/mol. The molecule has 2 nitrogen and oxygen atoms in total. The zero-order valence-corrected chi connectivity index (χ0v) is 10.9. The van der Waals surface area contributed by atoms with E-state index in [9.17, 15) is 5.11 Å². The van der Waals surface area contributed by atoms with Gasteiger partial charge in [0.15, 0.2) is 0 Å². The number of thioether (sulfide) groups is 1. The van der Waals surface area contributed by atoms with Gasteiger partial charge in [0.2, 0.25) is 0 Å².